The van der Waals surface area contributed by atoms with Crippen LogP contribution in [0.2, 0.25) is 5.02 Å². The number of pyridine rings is 1. The third-order valence-electron chi connectivity index (χ3n) is 4.18. The number of likely N-dealkylation sites (tertiary alicyclic amines) is 1. The van der Waals surface area contributed by atoms with Crippen LogP contribution in [-0.4, -0.2) is 38.1 Å². The average Bonchev–Trinajstić information content (AvgIpc) is 3.09. The Balaban J connectivity index is 1.47. The first-order chi connectivity index (χ1) is 9.12. The molecule has 3 heterocycles. The van der Waals surface area contributed by atoms with Crippen LogP contribution in [-0.2, 0) is 6.54 Å². The zero-order chi connectivity index (χ0) is 13.0. The number of hydrogen-bond donors (Lipinski definition) is 1. The highest BCUT2D eigenvalue weighted by Gasteiger charge is 2.51. The van der Waals surface area contributed by atoms with Gasteiger partial charge in [-0.3, -0.25) is 4.90 Å². The molecule has 4 nitrogen and oxygen atoms in total. The molecule has 0 unspecified atom stereocenters. The monoisotopic (exact) mass is 277 g/mol. The van der Waals surface area contributed by atoms with Crippen LogP contribution in [0.5, 0.6) is 0 Å². The minimum atomic E-state index is -0.414. The van der Waals surface area contributed by atoms with Crippen LogP contribution in [0, 0.1) is 5.92 Å². The number of hydrogen-bond acceptors (Lipinski definition) is 3. The lowest BCUT2D eigenvalue weighted by atomic mass is 9.89. The van der Waals surface area contributed by atoms with E-state index in [1.807, 2.05) is 28.9 Å². The van der Waals surface area contributed by atoms with E-state index in [-0.39, 0.29) is 0 Å². The molecule has 0 amide bonds. The van der Waals surface area contributed by atoms with Crippen molar-refractivity contribution in [3.63, 3.8) is 0 Å². The maximum Gasteiger partial charge on any atom is 0.137 e. The Morgan fingerprint density at radius 1 is 1.32 bits per heavy atom. The normalized spacial score (nSPS) is 22.6. The molecule has 0 atom stereocenters. The van der Waals surface area contributed by atoms with E-state index in [1.165, 1.54) is 12.8 Å². The molecule has 5 heteroatoms. The molecule has 0 aromatic carbocycles. The SMILES string of the molecule is OC1(C2CC2)CN(Cc2cn3cc(Cl)ccc3n2)C1. The average molecular weight is 278 g/mol. The Kier molecular flexibility index (Phi) is 2.43. The highest BCUT2D eigenvalue weighted by Crippen LogP contribution is 2.44. The molecule has 0 spiro atoms. The van der Waals surface area contributed by atoms with Gasteiger partial charge in [0.05, 0.1) is 16.3 Å². The van der Waals surface area contributed by atoms with Crippen LogP contribution in [0.1, 0.15) is 18.5 Å². The molecular formula is C14H16ClN3O. The van der Waals surface area contributed by atoms with E-state index < -0.39 is 5.60 Å². The van der Waals surface area contributed by atoms with E-state index in [1.54, 1.807) is 0 Å². The van der Waals surface area contributed by atoms with E-state index >= 15 is 0 Å². The lowest BCUT2D eigenvalue weighted by Gasteiger charge is -2.46. The first-order valence-corrected chi connectivity index (χ1v) is 7.08. The molecule has 2 fully saturated rings. The molecule has 1 saturated carbocycles. The van der Waals surface area contributed by atoms with Crippen molar-refractivity contribution in [1.82, 2.24) is 14.3 Å². The molecule has 2 aromatic heterocycles. The molecule has 1 saturated heterocycles. The van der Waals surface area contributed by atoms with Gasteiger partial charge in [0, 0.05) is 32.0 Å². The third-order valence-corrected chi connectivity index (χ3v) is 4.41. The highest BCUT2D eigenvalue weighted by molar-refractivity contribution is 6.30. The largest absolute Gasteiger partial charge is 0.387 e. The van der Waals surface area contributed by atoms with Crippen molar-refractivity contribution < 1.29 is 5.11 Å². The predicted octanol–water partition coefficient (Wildman–Crippen LogP) is 1.94. The van der Waals surface area contributed by atoms with Crippen molar-refractivity contribution in [1.29, 1.82) is 0 Å². The second-order valence-electron chi connectivity index (χ2n) is 5.87. The summed E-state index contributed by atoms with van der Waals surface area (Å²) in [6.07, 6.45) is 6.26. The van der Waals surface area contributed by atoms with Crippen molar-refractivity contribution in [2.45, 2.75) is 25.0 Å². The number of fused-ring (bicyclic) bond motifs is 1. The molecule has 0 bridgehead atoms. The Hall–Kier alpha value is -1.10. The predicted molar refractivity (Wildman–Crippen MR) is 73.2 cm³/mol. The van der Waals surface area contributed by atoms with Crippen LogP contribution in [0.15, 0.2) is 24.5 Å². The fraction of sp³-hybridized carbons (Fsp3) is 0.500. The van der Waals surface area contributed by atoms with Gasteiger partial charge in [-0.2, -0.15) is 0 Å². The fourth-order valence-corrected chi connectivity index (χ4v) is 3.21. The van der Waals surface area contributed by atoms with Gasteiger partial charge in [-0.1, -0.05) is 11.6 Å². The summed E-state index contributed by atoms with van der Waals surface area (Å²) in [6, 6.07) is 3.77. The van der Waals surface area contributed by atoms with Gasteiger partial charge in [0.15, 0.2) is 0 Å². The Morgan fingerprint density at radius 3 is 2.84 bits per heavy atom. The molecule has 0 radical (unpaired) electrons. The summed E-state index contributed by atoms with van der Waals surface area (Å²) in [7, 11) is 0. The zero-order valence-corrected chi connectivity index (χ0v) is 11.3. The van der Waals surface area contributed by atoms with Crippen LogP contribution in [0.4, 0.5) is 0 Å². The van der Waals surface area contributed by atoms with Gasteiger partial charge in [0.1, 0.15) is 5.65 Å². The van der Waals surface area contributed by atoms with Crippen molar-refractivity contribution >= 4 is 17.2 Å². The van der Waals surface area contributed by atoms with E-state index in [2.05, 4.69) is 9.88 Å². The summed E-state index contributed by atoms with van der Waals surface area (Å²) < 4.78 is 1.95. The third kappa shape index (κ3) is 2.04. The van der Waals surface area contributed by atoms with Crippen molar-refractivity contribution in [3.05, 3.63) is 35.2 Å². The molecule has 2 aliphatic rings. The smallest absolute Gasteiger partial charge is 0.137 e. The van der Waals surface area contributed by atoms with Crippen LogP contribution >= 0.6 is 11.6 Å². The highest BCUT2D eigenvalue weighted by atomic mass is 35.5. The summed E-state index contributed by atoms with van der Waals surface area (Å²) in [4.78, 5) is 6.82. The maximum atomic E-state index is 10.3. The van der Waals surface area contributed by atoms with E-state index in [0.717, 1.165) is 31.0 Å². The van der Waals surface area contributed by atoms with Crippen molar-refractivity contribution in [3.8, 4) is 0 Å². The number of halogens is 1. The number of β-amino-alcohol motifs (C(OH)–C–C–N with tert-alkyl or cyclic N) is 1. The second kappa shape index (κ2) is 3.95. The van der Waals surface area contributed by atoms with Gasteiger partial charge in [0.2, 0.25) is 0 Å². The first kappa shape index (κ1) is 11.7. The summed E-state index contributed by atoms with van der Waals surface area (Å²) in [5, 5.41) is 11.0. The fourth-order valence-electron chi connectivity index (χ4n) is 3.04. The van der Waals surface area contributed by atoms with Crippen molar-refractivity contribution in [2.75, 3.05) is 13.1 Å². The molecule has 4 rings (SSSR count). The zero-order valence-electron chi connectivity index (χ0n) is 10.6. The van der Waals surface area contributed by atoms with Gasteiger partial charge in [0.25, 0.3) is 0 Å². The number of imidazole rings is 1. The topological polar surface area (TPSA) is 40.8 Å². The number of nitrogens with zero attached hydrogens (tertiary/aromatic N) is 3. The standard InChI is InChI=1S/C14H16ClN3O/c15-11-3-4-13-16-12(7-18(13)5-11)6-17-8-14(19,9-17)10-1-2-10/h3-5,7,10,19H,1-2,6,8-9H2. The molecule has 1 N–H and O–H groups in total. The van der Waals surface area contributed by atoms with E-state index in [0.29, 0.717) is 10.9 Å². The maximum absolute atomic E-state index is 10.3. The molecule has 2 aromatic rings. The molecule has 1 aliphatic carbocycles. The Labute approximate surface area is 116 Å². The van der Waals surface area contributed by atoms with Gasteiger partial charge >= 0.3 is 0 Å². The summed E-state index contributed by atoms with van der Waals surface area (Å²) in [5.74, 6) is 0.545. The lowest BCUT2D eigenvalue weighted by molar-refractivity contribution is -0.116. The summed E-state index contributed by atoms with van der Waals surface area (Å²) >= 11 is 5.96. The molecule has 19 heavy (non-hydrogen) atoms. The van der Waals surface area contributed by atoms with Crippen molar-refractivity contribution in [2.24, 2.45) is 5.92 Å². The van der Waals surface area contributed by atoms with E-state index in [9.17, 15) is 5.11 Å². The van der Waals surface area contributed by atoms with Gasteiger partial charge in [-0.15, -0.1) is 0 Å². The Morgan fingerprint density at radius 2 is 2.11 bits per heavy atom. The summed E-state index contributed by atoms with van der Waals surface area (Å²) in [6.45, 7) is 2.37. The van der Waals surface area contributed by atoms with Crippen LogP contribution in [0.3, 0.4) is 0 Å². The quantitative estimate of drug-likeness (QED) is 0.932. The molecule has 1 aliphatic heterocycles. The molecule has 100 valence electrons. The van der Waals surface area contributed by atoms with Gasteiger partial charge in [-0.05, 0) is 30.9 Å². The number of aliphatic hydroxyl groups is 1. The van der Waals surface area contributed by atoms with Gasteiger partial charge in [-0.25, -0.2) is 4.98 Å². The van der Waals surface area contributed by atoms with Crippen LogP contribution in [0.25, 0.3) is 5.65 Å². The second-order valence-corrected chi connectivity index (χ2v) is 6.30. The van der Waals surface area contributed by atoms with Crippen LogP contribution < -0.4 is 0 Å². The van der Waals surface area contributed by atoms with E-state index in [4.69, 9.17) is 11.6 Å². The first-order valence-electron chi connectivity index (χ1n) is 6.70. The Bertz CT molecular complexity index is 629. The lowest BCUT2D eigenvalue weighted by Crippen LogP contribution is -2.62. The number of aromatic nitrogens is 2. The number of rotatable bonds is 3. The van der Waals surface area contributed by atoms with Gasteiger partial charge < -0.3 is 9.51 Å². The minimum Gasteiger partial charge on any atom is -0.387 e. The summed E-state index contributed by atoms with van der Waals surface area (Å²) in [5.41, 5.74) is 1.53. The minimum absolute atomic E-state index is 0.414. The molecular weight excluding hydrogens is 262 g/mol.